The molecular formula is C27H28Zr+. The first-order valence-electron chi connectivity index (χ1n) is 8.87. The van der Waals surface area contributed by atoms with Crippen molar-refractivity contribution in [3.8, 4) is 0 Å². The molecule has 0 saturated heterocycles. The van der Waals surface area contributed by atoms with E-state index in [4.69, 9.17) is 0 Å². The van der Waals surface area contributed by atoms with Crippen LogP contribution in [0.4, 0.5) is 0 Å². The maximum atomic E-state index is 3.72. The van der Waals surface area contributed by atoms with Gasteiger partial charge >= 0.3 is 26.2 Å². The van der Waals surface area contributed by atoms with Gasteiger partial charge in [-0.1, -0.05) is 25.1 Å². The van der Waals surface area contributed by atoms with Crippen LogP contribution >= 0.6 is 0 Å². The maximum Gasteiger partial charge on any atom is 4.00 e. The molecule has 139 valence electrons. The predicted molar refractivity (Wildman–Crippen MR) is 119 cm³/mol. The van der Waals surface area contributed by atoms with Gasteiger partial charge in [-0.25, -0.2) is 0 Å². The summed E-state index contributed by atoms with van der Waals surface area (Å²) in [6, 6.07) is 29.6. The predicted octanol–water partition coefficient (Wildman–Crippen LogP) is 7.02. The summed E-state index contributed by atoms with van der Waals surface area (Å²) in [7, 11) is 0. The van der Waals surface area contributed by atoms with Gasteiger partial charge in [0, 0.05) is 0 Å². The molecule has 0 nitrogen and oxygen atoms in total. The third-order valence-electron chi connectivity index (χ3n) is 3.36. The molecule has 0 aromatic heterocycles. The quantitative estimate of drug-likeness (QED) is 0.328. The Bertz CT molecular complexity index is 582. The SMILES string of the molecule is C[C]1[CH][CH][CH][CH]1.[CH2-]c1ccccc1.[CH2-]c1ccccc1.[CH2-]c1ccccc1.[Zr+4]. The molecule has 0 heterocycles. The molecule has 4 rings (SSSR count). The second-order valence-corrected chi connectivity index (χ2v) is 5.92. The number of hydrogen-bond donors (Lipinski definition) is 0. The Morgan fingerprint density at radius 1 is 0.464 bits per heavy atom. The molecule has 0 unspecified atom stereocenters. The molecule has 1 heteroatoms. The zero-order valence-electron chi connectivity index (χ0n) is 16.6. The van der Waals surface area contributed by atoms with Crippen molar-refractivity contribution in [1.29, 1.82) is 0 Å². The molecule has 28 heavy (non-hydrogen) atoms. The van der Waals surface area contributed by atoms with Gasteiger partial charge in [0.2, 0.25) is 0 Å². The van der Waals surface area contributed by atoms with Crippen LogP contribution in [0.1, 0.15) is 23.6 Å². The van der Waals surface area contributed by atoms with Crippen molar-refractivity contribution < 1.29 is 26.2 Å². The Kier molecular flexibility index (Phi) is 16.1. The number of hydrogen-bond acceptors (Lipinski definition) is 0. The van der Waals surface area contributed by atoms with E-state index in [9.17, 15) is 0 Å². The van der Waals surface area contributed by atoms with Crippen molar-refractivity contribution in [3.63, 3.8) is 0 Å². The molecule has 0 amide bonds. The Balaban J connectivity index is 0.000000344. The molecule has 1 saturated carbocycles. The van der Waals surface area contributed by atoms with Crippen LogP contribution in [0, 0.1) is 52.4 Å². The molecule has 1 aliphatic rings. The Hall–Kier alpha value is -1.85. The second-order valence-electron chi connectivity index (χ2n) is 5.92. The van der Waals surface area contributed by atoms with Crippen LogP contribution in [0.3, 0.4) is 0 Å². The van der Waals surface area contributed by atoms with E-state index >= 15 is 0 Å². The van der Waals surface area contributed by atoms with Crippen LogP contribution in [-0.2, 0) is 26.2 Å². The summed E-state index contributed by atoms with van der Waals surface area (Å²) < 4.78 is 0. The molecule has 1 fully saturated rings. The topological polar surface area (TPSA) is 0 Å². The first-order chi connectivity index (χ1) is 13.1. The summed E-state index contributed by atoms with van der Waals surface area (Å²) in [5.74, 6) is 1.34. The zero-order chi connectivity index (χ0) is 19.7. The molecular weight excluding hydrogens is 416 g/mol. The van der Waals surface area contributed by atoms with Gasteiger partial charge in [0.1, 0.15) is 0 Å². The van der Waals surface area contributed by atoms with E-state index in [1.54, 1.807) is 0 Å². The summed E-state index contributed by atoms with van der Waals surface area (Å²) in [6.45, 7) is 13.2. The molecule has 0 bridgehead atoms. The second kappa shape index (κ2) is 17.3. The summed E-state index contributed by atoms with van der Waals surface area (Å²) in [5.41, 5.74) is 3.22. The summed E-state index contributed by atoms with van der Waals surface area (Å²) in [5, 5.41) is 0. The average Bonchev–Trinajstić information content (AvgIpc) is 3.16. The van der Waals surface area contributed by atoms with Gasteiger partial charge in [-0.15, -0.1) is 36.4 Å². The number of rotatable bonds is 0. The first kappa shape index (κ1) is 26.2. The van der Waals surface area contributed by atoms with E-state index in [2.05, 4.69) is 40.5 Å². The van der Waals surface area contributed by atoms with E-state index in [0.717, 1.165) is 16.7 Å². The van der Waals surface area contributed by atoms with Crippen molar-refractivity contribution in [1.82, 2.24) is 0 Å². The third kappa shape index (κ3) is 15.2. The normalized spacial score (nSPS) is 11.9. The minimum Gasteiger partial charge on any atom is -0.199 e. The largest absolute Gasteiger partial charge is 4.00 e. The van der Waals surface area contributed by atoms with E-state index in [0.29, 0.717) is 0 Å². The molecule has 3 aromatic carbocycles. The van der Waals surface area contributed by atoms with Gasteiger partial charge in [-0.05, 0) is 31.6 Å². The Morgan fingerprint density at radius 3 is 0.821 bits per heavy atom. The van der Waals surface area contributed by atoms with Crippen molar-refractivity contribution in [2.45, 2.75) is 6.92 Å². The Labute approximate surface area is 192 Å². The third-order valence-corrected chi connectivity index (χ3v) is 3.36. The standard InChI is InChI=1S/3C7H7.C6H7.Zr/c3*1-7-5-3-2-4-6-7;1-6-4-2-3-5-6;/h3*2-6H,1H2;2-5H,1H3;/q3*-1;;+4. The van der Waals surface area contributed by atoms with Crippen LogP contribution in [0.2, 0.25) is 0 Å². The summed E-state index contributed by atoms with van der Waals surface area (Å²) in [6.07, 6.45) is 8.24. The van der Waals surface area contributed by atoms with Crippen LogP contribution in [0.15, 0.2) is 91.0 Å². The molecule has 5 radical (unpaired) electrons. The maximum absolute atomic E-state index is 3.72. The number of benzene rings is 3. The average molecular weight is 444 g/mol. The van der Waals surface area contributed by atoms with Gasteiger partial charge in [0.05, 0.1) is 0 Å². The van der Waals surface area contributed by atoms with E-state index in [-0.39, 0.29) is 26.2 Å². The van der Waals surface area contributed by atoms with Crippen molar-refractivity contribution >= 4 is 0 Å². The summed E-state index contributed by atoms with van der Waals surface area (Å²) >= 11 is 0. The first-order valence-corrected chi connectivity index (χ1v) is 8.87. The van der Waals surface area contributed by atoms with Gasteiger partial charge in [0.25, 0.3) is 0 Å². The van der Waals surface area contributed by atoms with Crippen LogP contribution in [0.5, 0.6) is 0 Å². The van der Waals surface area contributed by atoms with Crippen molar-refractivity contribution in [2.24, 2.45) is 0 Å². The minimum atomic E-state index is 0. The minimum absolute atomic E-state index is 0. The molecule has 0 spiro atoms. The molecule has 0 N–H and O–H groups in total. The fraction of sp³-hybridized carbons (Fsp3) is 0.0370. The van der Waals surface area contributed by atoms with Crippen molar-refractivity contribution in [2.75, 3.05) is 0 Å². The van der Waals surface area contributed by atoms with Gasteiger partial charge < -0.3 is 0 Å². The van der Waals surface area contributed by atoms with Gasteiger partial charge in [-0.2, -0.15) is 73.9 Å². The molecule has 0 aliphatic heterocycles. The molecule has 0 atom stereocenters. The molecule has 3 aromatic rings. The fourth-order valence-electron chi connectivity index (χ4n) is 1.90. The monoisotopic (exact) mass is 442 g/mol. The summed E-state index contributed by atoms with van der Waals surface area (Å²) in [4.78, 5) is 0. The fourth-order valence-corrected chi connectivity index (χ4v) is 1.90. The van der Waals surface area contributed by atoms with E-state index in [1.807, 2.05) is 104 Å². The van der Waals surface area contributed by atoms with E-state index < -0.39 is 0 Å². The van der Waals surface area contributed by atoms with E-state index in [1.165, 1.54) is 5.92 Å². The van der Waals surface area contributed by atoms with Gasteiger partial charge in [-0.3, -0.25) is 0 Å². The van der Waals surface area contributed by atoms with Crippen LogP contribution < -0.4 is 0 Å². The van der Waals surface area contributed by atoms with Crippen molar-refractivity contribution in [3.05, 3.63) is 160 Å². The van der Waals surface area contributed by atoms with Gasteiger partial charge in [0.15, 0.2) is 0 Å². The molecule has 1 aliphatic carbocycles. The van der Waals surface area contributed by atoms with Crippen LogP contribution in [-0.4, -0.2) is 0 Å². The van der Waals surface area contributed by atoms with Crippen LogP contribution in [0.25, 0.3) is 0 Å². The zero-order valence-corrected chi connectivity index (χ0v) is 19.0. The smallest absolute Gasteiger partial charge is 0.199 e. The Morgan fingerprint density at radius 2 is 0.714 bits per heavy atom.